The van der Waals surface area contributed by atoms with Gasteiger partial charge in [0.1, 0.15) is 5.82 Å². The first-order valence-corrected chi connectivity index (χ1v) is 9.08. The third-order valence-corrected chi connectivity index (χ3v) is 5.51. The third kappa shape index (κ3) is 3.62. The van der Waals surface area contributed by atoms with Gasteiger partial charge in [-0.15, -0.1) is 0 Å². The number of piperazine rings is 1. The van der Waals surface area contributed by atoms with E-state index in [1.54, 1.807) is 0 Å². The molecule has 0 bridgehead atoms. The lowest BCUT2D eigenvalue weighted by molar-refractivity contribution is -0.137. The summed E-state index contributed by atoms with van der Waals surface area (Å²) in [5, 5.41) is 0. The van der Waals surface area contributed by atoms with Gasteiger partial charge in [0.15, 0.2) is 0 Å². The van der Waals surface area contributed by atoms with E-state index in [9.17, 15) is 9.18 Å². The average Bonchev–Trinajstić information content (AvgIpc) is 3.03. The molecule has 24 heavy (non-hydrogen) atoms. The van der Waals surface area contributed by atoms with Gasteiger partial charge in [-0.25, -0.2) is 4.39 Å². The maximum atomic E-state index is 13.2. The number of carbonyl (C=O) groups is 1. The predicted molar refractivity (Wildman–Crippen MR) is 93.2 cm³/mol. The number of likely N-dealkylation sites (tertiary alicyclic amines) is 1. The summed E-state index contributed by atoms with van der Waals surface area (Å²) in [5.74, 6) is 0.106. The maximum absolute atomic E-state index is 13.2. The number of amides is 1. The molecule has 0 saturated carbocycles. The second kappa shape index (κ2) is 7.62. The fourth-order valence-electron chi connectivity index (χ4n) is 4.08. The van der Waals surface area contributed by atoms with Crippen LogP contribution in [-0.2, 0) is 4.79 Å². The Morgan fingerprint density at radius 2 is 1.83 bits per heavy atom. The molecule has 2 unspecified atom stereocenters. The lowest BCUT2D eigenvalue weighted by Gasteiger charge is -2.40. The summed E-state index contributed by atoms with van der Waals surface area (Å²) < 4.78 is 13.2. The van der Waals surface area contributed by atoms with Gasteiger partial charge in [0, 0.05) is 32.2 Å². The molecule has 0 radical (unpaired) electrons. The number of carbonyl (C=O) groups excluding carboxylic acids is 1. The molecule has 0 N–H and O–H groups in total. The van der Waals surface area contributed by atoms with Crippen molar-refractivity contribution in [1.82, 2.24) is 14.7 Å². The topological polar surface area (TPSA) is 26.8 Å². The molecule has 2 aliphatic rings. The zero-order valence-corrected chi connectivity index (χ0v) is 14.7. The number of nitrogens with zero attached hydrogens (tertiary/aromatic N) is 3. The van der Waals surface area contributed by atoms with E-state index in [1.807, 2.05) is 24.1 Å². The Kier molecular flexibility index (Phi) is 5.51. The molecule has 2 aliphatic heterocycles. The Hall–Kier alpha value is -1.46. The van der Waals surface area contributed by atoms with Gasteiger partial charge in [0.05, 0.1) is 6.04 Å². The summed E-state index contributed by atoms with van der Waals surface area (Å²) in [7, 11) is 2.05. The van der Waals surface area contributed by atoms with E-state index in [1.165, 1.54) is 12.1 Å². The molecule has 132 valence electrons. The Balaban J connectivity index is 1.59. The van der Waals surface area contributed by atoms with E-state index in [0.717, 1.165) is 57.5 Å². The third-order valence-electron chi connectivity index (χ3n) is 5.51. The summed E-state index contributed by atoms with van der Waals surface area (Å²) >= 11 is 0. The second-order valence-corrected chi connectivity index (χ2v) is 6.98. The van der Waals surface area contributed by atoms with E-state index in [0.29, 0.717) is 11.9 Å². The molecule has 1 aromatic rings. The summed E-state index contributed by atoms with van der Waals surface area (Å²) in [5.41, 5.74) is 1.16. The standard InChI is InChI=1S/C19H28FN3O/c1-3-17(15-6-8-16(20)9-7-15)22-11-13-23(14-12-22)19(24)18-5-4-10-21(18)2/h6-9,17-18H,3-5,10-14H2,1-2H3. The molecule has 5 heteroatoms. The lowest BCUT2D eigenvalue weighted by atomic mass is 10.0. The summed E-state index contributed by atoms with van der Waals surface area (Å²) in [4.78, 5) is 19.3. The zero-order chi connectivity index (χ0) is 17.1. The molecule has 2 saturated heterocycles. The quantitative estimate of drug-likeness (QED) is 0.847. The largest absolute Gasteiger partial charge is 0.339 e. The molecule has 0 aliphatic carbocycles. The molecular formula is C19H28FN3O. The van der Waals surface area contributed by atoms with Crippen molar-refractivity contribution >= 4 is 5.91 Å². The number of hydrogen-bond acceptors (Lipinski definition) is 3. The van der Waals surface area contributed by atoms with Gasteiger partial charge in [0.2, 0.25) is 5.91 Å². The molecule has 4 nitrogen and oxygen atoms in total. The highest BCUT2D eigenvalue weighted by Crippen LogP contribution is 2.26. The van der Waals surface area contributed by atoms with Gasteiger partial charge in [-0.3, -0.25) is 14.6 Å². The van der Waals surface area contributed by atoms with Crippen LogP contribution < -0.4 is 0 Å². The number of hydrogen-bond donors (Lipinski definition) is 0. The number of likely N-dealkylation sites (N-methyl/N-ethyl adjacent to an activating group) is 1. The monoisotopic (exact) mass is 333 g/mol. The van der Waals surface area contributed by atoms with Gasteiger partial charge in [0.25, 0.3) is 0 Å². The SMILES string of the molecule is CCC(c1ccc(F)cc1)N1CCN(C(=O)C2CCCN2C)CC1. The number of rotatable bonds is 4. The molecule has 3 rings (SSSR count). The van der Waals surface area contributed by atoms with Crippen LogP contribution in [0, 0.1) is 5.82 Å². The predicted octanol–water partition coefficient (Wildman–Crippen LogP) is 2.52. The van der Waals surface area contributed by atoms with Crippen LogP contribution in [0.3, 0.4) is 0 Å². The maximum Gasteiger partial charge on any atom is 0.240 e. The molecular weight excluding hydrogens is 305 g/mol. The van der Waals surface area contributed by atoms with Crippen molar-refractivity contribution in [2.24, 2.45) is 0 Å². The van der Waals surface area contributed by atoms with E-state index in [-0.39, 0.29) is 11.9 Å². The van der Waals surface area contributed by atoms with Crippen LogP contribution in [0.2, 0.25) is 0 Å². The van der Waals surface area contributed by atoms with Crippen LogP contribution in [0.15, 0.2) is 24.3 Å². The van der Waals surface area contributed by atoms with Crippen molar-refractivity contribution in [1.29, 1.82) is 0 Å². The molecule has 2 atom stereocenters. The van der Waals surface area contributed by atoms with Crippen LogP contribution in [0.1, 0.15) is 37.8 Å². The second-order valence-electron chi connectivity index (χ2n) is 6.98. The molecule has 1 amide bonds. The molecule has 0 spiro atoms. The lowest BCUT2D eigenvalue weighted by Crippen LogP contribution is -2.53. The molecule has 1 aromatic carbocycles. The first-order chi connectivity index (χ1) is 11.6. The van der Waals surface area contributed by atoms with Gasteiger partial charge in [-0.2, -0.15) is 0 Å². The number of halogens is 1. The molecule has 2 fully saturated rings. The summed E-state index contributed by atoms with van der Waals surface area (Å²) in [6, 6.07) is 7.22. The van der Waals surface area contributed by atoms with Crippen molar-refractivity contribution in [3.05, 3.63) is 35.6 Å². The van der Waals surface area contributed by atoms with E-state index in [4.69, 9.17) is 0 Å². The highest BCUT2D eigenvalue weighted by atomic mass is 19.1. The van der Waals surface area contributed by atoms with Gasteiger partial charge in [-0.1, -0.05) is 19.1 Å². The van der Waals surface area contributed by atoms with E-state index in [2.05, 4.69) is 16.7 Å². The fraction of sp³-hybridized carbons (Fsp3) is 0.632. The van der Waals surface area contributed by atoms with E-state index < -0.39 is 0 Å². The minimum Gasteiger partial charge on any atom is -0.339 e. The van der Waals surface area contributed by atoms with Gasteiger partial charge < -0.3 is 4.90 Å². The van der Waals surface area contributed by atoms with E-state index >= 15 is 0 Å². The van der Waals surface area contributed by atoms with Crippen molar-refractivity contribution in [2.75, 3.05) is 39.8 Å². The fourth-order valence-corrected chi connectivity index (χ4v) is 4.08. The summed E-state index contributed by atoms with van der Waals surface area (Å²) in [6.07, 6.45) is 3.10. The van der Waals surface area contributed by atoms with Crippen LogP contribution in [-0.4, -0.2) is 66.4 Å². The Morgan fingerprint density at radius 1 is 1.17 bits per heavy atom. The minimum absolute atomic E-state index is 0.0793. The molecule has 0 aromatic heterocycles. The smallest absolute Gasteiger partial charge is 0.240 e. The summed E-state index contributed by atoms with van der Waals surface area (Å²) in [6.45, 7) is 6.55. The van der Waals surface area contributed by atoms with Crippen molar-refractivity contribution in [2.45, 2.75) is 38.3 Å². The normalized spacial score (nSPS) is 24.3. The average molecular weight is 333 g/mol. The Morgan fingerprint density at radius 3 is 2.38 bits per heavy atom. The van der Waals surface area contributed by atoms with Crippen LogP contribution in [0.25, 0.3) is 0 Å². The number of benzene rings is 1. The Labute approximate surface area is 144 Å². The van der Waals surface area contributed by atoms with Crippen LogP contribution >= 0.6 is 0 Å². The van der Waals surface area contributed by atoms with Gasteiger partial charge in [-0.05, 0) is 50.6 Å². The highest BCUT2D eigenvalue weighted by molar-refractivity contribution is 5.82. The van der Waals surface area contributed by atoms with Crippen LogP contribution in [0.5, 0.6) is 0 Å². The zero-order valence-electron chi connectivity index (χ0n) is 14.7. The minimum atomic E-state index is -0.190. The highest BCUT2D eigenvalue weighted by Gasteiger charge is 2.33. The first-order valence-electron chi connectivity index (χ1n) is 9.08. The van der Waals surface area contributed by atoms with Gasteiger partial charge >= 0.3 is 0 Å². The van der Waals surface area contributed by atoms with Crippen molar-refractivity contribution in [3.63, 3.8) is 0 Å². The Bertz CT molecular complexity index is 554. The molecule has 2 heterocycles. The van der Waals surface area contributed by atoms with Crippen molar-refractivity contribution in [3.8, 4) is 0 Å². The van der Waals surface area contributed by atoms with Crippen LogP contribution in [0.4, 0.5) is 4.39 Å². The first kappa shape index (κ1) is 17.4. The van der Waals surface area contributed by atoms with Crippen molar-refractivity contribution < 1.29 is 9.18 Å².